The number of aliphatic hydroxyl groups is 1. The minimum atomic E-state index is -1.93. The average Bonchev–Trinajstić information content (AvgIpc) is 2.93. The number of amides is 1. The van der Waals surface area contributed by atoms with E-state index < -0.39 is 11.5 Å². The highest BCUT2D eigenvalue weighted by Gasteiger charge is 2.39. The fourth-order valence-corrected chi connectivity index (χ4v) is 3.99. The lowest BCUT2D eigenvalue weighted by Gasteiger charge is -2.27. The number of hydrogen-bond acceptors (Lipinski definition) is 5. The van der Waals surface area contributed by atoms with Gasteiger partial charge in [-0.15, -0.1) is 0 Å². The monoisotopic (exact) mass is 500 g/mol. The van der Waals surface area contributed by atoms with Gasteiger partial charge in [0.25, 0.3) is 5.91 Å². The lowest BCUT2D eigenvalue weighted by atomic mass is 9.85. The molecule has 4 rings (SSSR count). The maximum absolute atomic E-state index is 13.2. The SMILES string of the molecule is COc1cc(/C=N\NC(=O)C(O)(c2ccccc2)c2ccccc2)cc(Cl)c1OCc1ccccc1. The summed E-state index contributed by atoms with van der Waals surface area (Å²) in [5, 5.41) is 15.9. The van der Waals surface area contributed by atoms with Crippen LogP contribution in [0.25, 0.3) is 0 Å². The van der Waals surface area contributed by atoms with E-state index in [2.05, 4.69) is 10.5 Å². The van der Waals surface area contributed by atoms with E-state index in [9.17, 15) is 9.90 Å². The Morgan fingerprint density at radius 2 is 1.50 bits per heavy atom. The molecule has 0 saturated heterocycles. The maximum Gasteiger partial charge on any atom is 0.281 e. The number of nitrogens with one attached hydrogen (secondary N) is 1. The van der Waals surface area contributed by atoms with Crippen LogP contribution in [0.3, 0.4) is 0 Å². The Bertz CT molecular complexity index is 1290. The number of rotatable bonds is 9. The second kappa shape index (κ2) is 11.5. The Labute approximate surface area is 214 Å². The van der Waals surface area contributed by atoms with Crippen molar-refractivity contribution < 1.29 is 19.4 Å². The van der Waals surface area contributed by atoms with Crippen LogP contribution in [0.2, 0.25) is 5.02 Å². The molecule has 0 aromatic heterocycles. The van der Waals surface area contributed by atoms with E-state index in [1.54, 1.807) is 60.7 Å². The number of halogens is 1. The zero-order valence-electron chi connectivity index (χ0n) is 19.6. The number of methoxy groups -OCH3 is 1. The van der Waals surface area contributed by atoms with Gasteiger partial charge in [0.15, 0.2) is 17.1 Å². The Kier molecular flexibility index (Phi) is 8.00. The summed E-state index contributed by atoms with van der Waals surface area (Å²) in [5.41, 5.74) is 2.95. The van der Waals surface area contributed by atoms with Gasteiger partial charge in [-0.05, 0) is 34.4 Å². The van der Waals surface area contributed by atoms with E-state index in [0.29, 0.717) is 39.8 Å². The Morgan fingerprint density at radius 3 is 2.06 bits per heavy atom. The highest BCUT2D eigenvalue weighted by Crippen LogP contribution is 2.36. The molecule has 6 nitrogen and oxygen atoms in total. The molecular weight excluding hydrogens is 476 g/mol. The molecule has 0 spiro atoms. The standard InChI is InChI=1S/C29H25ClN2O4/c1-35-26-18-22(17-25(30)27(26)36-20-21-11-5-2-6-12-21)19-31-32-28(33)29(34,23-13-7-3-8-14-23)24-15-9-4-10-16-24/h2-19,34H,20H2,1H3,(H,32,33)/b31-19-. The molecule has 36 heavy (non-hydrogen) atoms. The molecule has 0 unspecified atom stereocenters. The first-order chi connectivity index (χ1) is 17.5. The highest BCUT2D eigenvalue weighted by atomic mass is 35.5. The molecule has 0 atom stereocenters. The minimum Gasteiger partial charge on any atom is -0.493 e. The third-order valence-electron chi connectivity index (χ3n) is 5.57. The van der Waals surface area contributed by atoms with Gasteiger partial charge in [0.05, 0.1) is 18.3 Å². The quantitative estimate of drug-likeness (QED) is 0.241. The van der Waals surface area contributed by atoms with Crippen LogP contribution in [0, 0.1) is 0 Å². The van der Waals surface area contributed by atoms with Gasteiger partial charge >= 0.3 is 0 Å². The van der Waals surface area contributed by atoms with Gasteiger partial charge in [-0.2, -0.15) is 5.10 Å². The number of carbonyl (C=O) groups excluding carboxylic acids is 1. The van der Waals surface area contributed by atoms with Crippen molar-refractivity contribution in [3.63, 3.8) is 0 Å². The third kappa shape index (κ3) is 5.57. The molecule has 0 aliphatic carbocycles. The van der Waals surface area contributed by atoms with Gasteiger partial charge in [-0.3, -0.25) is 4.79 Å². The summed E-state index contributed by atoms with van der Waals surface area (Å²) in [4.78, 5) is 13.2. The second-order valence-corrected chi connectivity index (χ2v) is 8.36. The van der Waals surface area contributed by atoms with Crippen molar-refractivity contribution in [3.05, 3.63) is 130 Å². The third-order valence-corrected chi connectivity index (χ3v) is 5.85. The van der Waals surface area contributed by atoms with Crippen molar-refractivity contribution in [1.82, 2.24) is 5.43 Å². The number of ether oxygens (including phenoxy) is 2. The fraction of sp³-hybridized carbons (Fsp3) is 0.103. The molecule has 0 radical (unpaired) electrons. The van der Waals surface area contributed by atoms with Crippen molar-refractivity contribution in [1.29, 1.82) is 0 Å². The molecule has 4 aromatic rings. The van der Waals surface area contributed by atoms with E-state index in [-0.39, 0.29) is 0 Å². The Balaban J connectivity index is 1.53. The zero-order chi connectivity index (χ0) is 25.4. The first-order valence-corrected chi connectivity index (χ1v) is 11.6. The van der Waals surface area contributed by atoms with Gasteiger partial charge < -0.3 is 14.6 Å². The molecule has 2 N–H and O–H groups in total. The second-order valence-electron chi connectivity index (χ2n) is 7.95. The van der Waals surface area contributed by atoms with Crippen LogP contribution < -0.4 is 14.9 Å². The normalized spacial score (nSPS) is 11.3. The van der Waals surface area contributed by atoms with Crippen molar-refractivity contribution >= 4 is 23.7 Å². The fourth-order valence-electron chi connectivity index (χ4n) is 3.72. The topological polar surface area (TPSA) is 80.2 Å². The van der Waals surface area contributed by atoms with Gasteiger partial charge in [0, 0.05) is 0 Å². The van der Waals surface area contributed by atoms with Crippen molar-refractivity contribution in [2.24, 2.45) is 5.10 Å². The Morgan fingerprint density at radius 1 is 0.944 bits per heavy atom. The first-order valence-electron chi connectivity index (χ1n) is 11.2. The summed E-state index contributed by atoms with van der Waals surface area (Å²) in [6.45, 7) is 0.331. The summed E-state index contributed by atoms with van der Waals surface area (Å²) in [6.07, 6.45) is 1.42. The summed E-state index contributed by atoms with van der Waals surface area (Å²) >= 11 is 6.46. The number of hydrazone groups is 1. The van der Waals surface area contributed by atoms with E-state index in [4.69, 9.17) is 21.1 Å². The number of nitrogens with zero attached hydrogens (tertiary/aromatic N) is 1. The molecule has 7 heteroatoms. The van der Waals surface area contributed by atoms with E-state index in [1.165, 1.54) is 13.3 Å². The molecule has 0 saturated carbocycles. The number of carbonyl (C=O) groups is 1. The molecular formula is C29H25ClN2O4. The molecule has 0 aliphatic rings. The molecule has 0 aliphatic heterocycles. The molecule has 1 amide bonds. The lowest BCUT2D eigenvalue weighted by Crippen LogP contribution is -2.43. The molecule has 182 valence electrons. The van der Waals surface area contributed by atoms with Gasteiger partial charge in [0.1, 0.15) is 6.61 Å². The summed E-state index contributed by atoms with van der Waals surface area (Å²) in [7, 11) is 1.52. The van der Waals surface area contributed by atoms with Crippen LogP contribution >= 0.6 is 11.6 Å². The molecule has 0 heterocycles. The number of hydrogen-bond donors (Lipinski definition) is 2. The van der Waals surface area contributed by atoms with E-state index in [0.717, 1.165) is 5.56 Å². The van der Waals surface area contributed by atoms with Gasteiger partial charge in [-0.25, -0.2) is 5.43 Å². The smallest absolute Gasteiger partial charge is 0.281 e. The first kappa shape index (κ1) is 25.0. The molecule has 4 aromatic carbocycles. The zero-order valence-corrected chi connectivity index (χ0v) is 20.4. The minimum absolute atomic E-state index is 0.331. The van der Waals surface area contributed by atoms with Crippen molar-refractivity contribution in [2.75, 3.05) is 7.11 Å². The van der Waals surface area contributed by atoms with Crippen LogP contribution in [0.1, 0.15) is 22.3 Å². The Hall–Kier alpha value is -4.13. The number of benzene rings is 4. The van der Waals surface area contributed by atoms with Gasteiger partial charge in [-0.1, -0.05) is 103 Å². The predicted octanol–water partition coefficient (Wildman–Crippen LogP) is 5.31. The summed E-state index contributed by atoms with van der Waals surface area (Å²) in [6, 6.07) is 30.5. The lowest BCUT2D eigenvalue weighted by molar-refractivity contribution is -0.136. The molecule has 0 fully saturated rings. The average molecular weight is 501 g/mol. The molecule has 0 bridgehead atoms. The largest absolute Gasteiger partial charge is 0.493 e. The highest BCUT2D eigenvalue weighted by molar-refractivity contribution is 6.32. The van der Waals surface area contributed by atoms with E-state index in [1.807, 2.05) is 42.5 Å². The predicted molar refractivity (Wildman–Crippen MR) is 140 cm³/mol. The van der Waals surface area contributed by atoms with Crippen molar-refractivity contribution in [3.8, 4) is 11.5 Å². The summed E-state index contributed by atoms with van der Waals surface area (Å²) in [5.74, 6) is 0.139. The van der Waals surface area contributed by atoms with Crippen LogP contribution in [-0.2, 0) is 17.0 Å². The van der Waals surface area contributed by atoms with Crippen molar-refractivity contribution in [2.45, 2.75) is 12.2 Å². The van der Waals surface area contributed by atoms with Crippen LogP contribution in [0.4, 0.5) is 0 Å². The maximum atomic E-state index is 13.2. The van der Waals surface area contributed by atoms with Crippen LogP contribution in [0.5, 0.6) is 11.5 Å². The summed E-state index contributed by atoms with van der Waals surface area (Å²) < 4.78 is 11.3. The van der Waals surface area contributed by atoms with Crippen LogP contribution in [-0.4, -0.2) is 24.3 Å². The van der Waals surface area contributed by atoms with E-state index >= 15 is 0 Å². The van der Waals surface area contributed by atoms with Crippen LogP contribution in [0.15, 0.2) is 108 Å². The van der Waals surface area contributed by atoms with Gasteiger partial charge in [0.2, 0.25) is 0 Å².